The highest BCUT2D eigenvalue weighted by Gasteiger charge is 2.09. The summed E-state index contributed by atoms with van der Waals surface area (Å²) in [6.07, 6.45) is 5.22. The quantitative estimate of drug-likeness (QED) is 0.799. The molecule has 0 saturated carbocycles. The lowest BCUT2D eigenvalue weighted by atomic mass is 10.2. The topological polar surface area (TPSA) is 68.0 Å². The minimum atomic E-state index is 0.314. The molecule has 16 heavy (non-hydrogen) atoms. The van der Waals surface area contributed by atoms with Crippen molar-refractivity contribution in [3.05, 3.63) is 12.4 Å². The number of fused-ring (bicyclic) bond motifs is 1. The lowest BCUT2D eigenvalue weighted by Crippen LogP contribution is -2.21. The van der Waals surface area contributed by atoms with Gasteiger partial charge >= 0.3 is 0 Å². The summed E-state index contributed by atoms with van der Waals surface area (Å²) >= 11 is 5.74. The Bertz CT molecular complexity index is 456. The third-order valence-electron chi connectivity index (χ3n) is 2.41. The monoisotopic (exact) mass is 240 g/mol. The summed E-state index contributed by atoms with van der Waals surface area (Å²) in [5.74, 6) is 1.42. The van der Waals surface area contributed by atoms with E-state index in [9.17, 15) is 0 Å². The van der Waals surface area contributed by atoms with E-state index >= 15 is 0 Å². The SMILES string of the molecule is CCC(CCCl)Nc1cncc2nnnn12. The van der Waals surface area contributed by atoms with Crippen LogP contribution < -0.4 is 5.32 Å². The van der Waals surface area contributed by atoms with Gasteiger partial charge in [-0.05, 0) is 23.3 Å². The van der Waals surface area contributed by atoms with Gasteiger partial charge < -0.3 is 5.32 Å². The molecule has 0 fully saturated rings. The second-order valence-electron chi connectivity index (χ2n) is 3.47. The molecule has 0 aromatic carbocycles. The van der Waals surface area contributed by atoms with Gasteiger partial charge in [0.05, 0.1) is 12.4 Å². The fourth-order valence-corrected chi connectivity index (χ4v) is 1.76. The van der Waals surface area contributed by atoms with Crippen molar-refractivity contribution in [3.63, 3.8) is 0 Å². The van der Waals surface area contributed by atoms with Gasteiger partial charge in [-0.15, -0.1) is 16.7 Å². The lowest BCUT2D eigenvalue weighted by molar-refractivity contribution is 0.664. The van der Waals surface area contributed by atoms with Crippen LogP contribution in [0.5, 0.6) is 0 Å². The number of aromatic nitrogens is 5. The highest BCUT2D eigenvalue weighted by Crippen LogP contribution is 2.11. The predicted molar refractivity (Wildman–Crippen MR) is 61.6 cm³/mol. The van der Waals surface area contributed by atoms with Crippen molar-refractivity contribution < 1.29 is 0 Å². The van der Waals surface area contributed by atoms with Gasteiger partial charge in [-0.3, -0.25) is 4.98 Å². The minimum absolute atomic E-state index is 0.314. The van der Waals surface area contributed by atoms with Gasteiger partial charge in [0.1, 0.15) is 0 Å². The van der Waals surface area contributed by atoms with Crippen LogP contribution in [-0.2, 0) is 0 Å². The molecule has 2 rings (SSSR count). The number of hydrogen-bond acceptors (Lipinski definition) is 5. The number of halogens is 1. The Hall–Kier alpha value is -1.43. The van der Waals surface area contributed by atoms with E-state index in [0.717, 1.165) is 18.7 Å². The molecule has 2 heterocycles. The van der Waals surface area contributed by atoms with Crippen LogP contribution in [0.4, 0.5) is 5.82 Å². The van der Waals surface area contributed by atoms with Crippen LogP contribution in [0.25, 0.3) is 5.65 Å². The Morgan fingerprint density at radius 1 is 1.50 bits per heavy atom. The number of alkyl halides is 1. The second-order valence-corrected chi connectivity index (χ2v) is 3.85. The van der Waals surface area contributed by atoms with Gasteiger partial charge in [-0.1, -0.05) is 6.92 Å². The fraction of sp³-hybridized carbons (Fsp3) is 0.556. The summed E-state index contributed by atoms with van der Waals surface area (Å²) in [6.45, 7) is 2.11. The van der Waals surface area contributed by atoms with Crippen LogP contribution in [0, 0.1) is 0 Å². The van der Waals surface area contributed by atoms with E-state index in [-0.39, 0.29) is 0 Å². The van der Waals surface area contributed by atoms with Crippen LogP contribution in [-0.4, -0.2) is 36.9 Å². The van der Waals surface area contributed by atoms with Crippen LogP contribution >= 0.6 is 11.6 Å². The maximum atomic E-state index is 5.74. The van der Waals surface area contributed by atoms with Gasteiger partial charge in [0.25, 0.3) is 0 Å². The summed E-state index contributed by atoms with van der Waals surface area (Å²) in [5.41, 5.74) is 0.630. The van der Waals surface area contributed by atoms with Crippen LogP contribution in [0.1, 0.15) is 19.8 Å². The third kappa shape index (κ3) is 2.21. The molecular weight excluding hydrogens is 228 g/mol. The molecule has 2 aromatic heterocycles. The van der Waals surface area contributed by atoms with Gasteiger partial charge in [0, 0.05) is 11.9 Å². The van der Waals surface area contributed by atoms with E-state index in [1.807, 2.05) is 0 Å². The Morgan fingerprint density at radius 3 is 3.12 bits per heavy atom. The summed E-state index contributed by atoms with van der Waals surface area (Å²) < 4.78 is 1.63. The van der Waals surface area contributed by atoms with Crippen molar-refractivity contribution >= 4 is 23.1 Å². The van der Waals surface area contributed by atoms with Gasteiger partial charge in [-0.25, -0.2) is 0 Å². The molecule has 0 amide bonds. The summed E-state index contributed by atoms with van der Waals surface area (Å²) in [5, 5.41) is 14.6. The van der Waals surface area contributed by atoms with E-state index < -0.39 is 0 Å². The smallest absolute Gasteiger partial charge is 0.199 e. The van der Waals surface area contributed by atoms with Crippen molar-refractivity contribution in [3.8, 4) is 0 Å². The first-order chi connectivity index (χ1) is 7.85. The largest absolute Gasteiger partial charge is 0.366 e. The van der Waals surface area contributed by atoms with Crippen LogP contribution in [0.3, 0.4) is 0 Å². The maximum absolute atomic E-state index is 5.74. The van der Waals surface area contributed by atoms with Crippen LogP contribution in [0.2, 0.25) is 0 Å². The molecule has 6 nitrogen and oxygen atoms in total. The molecule has 0 bridgehead atoms. The number of anilines is 1. The molecule has 7 heteroatoms. The van der Waals surface area contributed by atoms with Gasteiger partial charge in [0.2, 0.25) is 0 Å². The Labute approximate surface area is 98.0 Å². The highest BCUT2D eigenvalue weighted by atomic mass is 35.5. The fourth-order valence-electron chi connectivity index (χ4n) is 1.49. The van der Waals surface area contributed by atoms with Crippen LogP contribution in [0.15, 0.2) is 12.4 Å². The number of tetrazole rings is 1. The lowest BCUT2D eigenvalue weighted by Gasteiger charge is -2.16. The first-order valence-electron chi connectivity index (χ1n) is 5.19. The molecular formula is C9H13ClN6. The summed E-state index contributed by atoms with van der Waals surface area (Å²) in [6, 6.07) is 0.314. The van der Waals surface area contributed by atoms with Crippen molar-refractivity contribution in [1.29, 1.82) is 0 Å². The van der Waals surface area contributed by atoms with Crippen molar-refractivity contribution in [2.24, 2.45) is 0 Å². The molecule has 1 unspecified atom stereocenters. The standard InChI is InChI=1S/C9H13ClN6/c1-2-7(3-4-10)12-8-5-11-6-9-13-14-15-16(8)9/h5-7,12H,2-4H2,1H3. The zero-order chi connectivity index (χ0) is 11.4. The molecule has 0 aliphatic heterocycles. The van der Waals surface area contributed by atoms with Crippen molar-refractivity contribution in [2.75, 3.05) is 11.2 Å². The molecule has 0 saturated heterocycles. The van der Waals surface area contributed by atoms with E-state index in [1.165, 1.54) is 0 Å². The minimum Gasteiger partial charge on any atom is -0.366 e. The highest BCUT2D eigenvalue weighted by molar-refractivity contribution is 6.17. The Kier molecular flexibility index (Phi) is 3.51. The van der Waals surface area contributed by atoms with E-state index in [2.05, 4.69) is 32.7 Å². The molecule has 0 aliphatic rings. The normalized spacial score (nSPS) is 12.9. The Morgan fingerprint density at radius 2 is 2.38 bits per heavy atom. The number of nitrogens with one attached hydrogen (secondary N) is 1. The maximum Gasteiger partial charge on any atom is 0.199 e. The molecule has 1 N–H and O–H groups in total. The Balaban J connectivity index is 2.22. The molecule has 2 aromatic rings. The number of hydrogen-bond donors (Lipinski definition) is 1. The average Bonchev–Trinajstić information content (AvgIpc) is 2.77. The second kappa shape index (κ2) is 5.07. The van der Waals surface area contributed by atoms with Gasteiger partial charge in [-0.2, -0.15) is 4.52 Å². The first kappa shape index (κ1) is 11.1. The predicted octanol–water partition coefficient (Wildman–Crippen LogP) is 1.34. The molecule has 0 aliphatic carbocycles. The molecule has 0 radical (unpaired) electrons. The van der Waals surface area contributed by atoms with Gasteiger partial charge in [0.15, 0.2) is 11.5 Å². The van der Waals surface area contributed by atoms with Crippen molar-refractivity contribution in [2.45, 2.75) is 25.8 Å². The average molecular weight is 241 g/mol. The van der Waals surface area contributed by atoms with Crippen molar-refractivity contribution in [1.82, 2.24) is 25.0 Å². The first-order valence-corrected chi connectivity index (χ1v) is 5.73. The summed E-state index contributed by atoms with van der Waals surface area (Å²) in [4.78, 5) is 4.07. The van der Waals surface area contributed by atoms with E-state index in [0.29, 0.717) is 17.6 Å². The molecule has 0 spiro atoms. The van der Waals surface area contributed by atoms with E-state index in [1.54, 1.807) is 16.9 Å². The number of rotatable bonds is 5. The van der Waals surface area contributed by atoms with E-state index in [4.69, 9.17) is 11.6 Å². The third-order valence-corrected chi connectivity index (χ3v) is 2.63. The zero-order valence-electron chi connectivity index (χ0n) is 8.97. The number of nitrogens with zero attached hydrogens (tertiary/aromatic N) is 5. The molecule has 86 valence electrons. The molecule has 1 atom stereocenters. The summed E-state index contributed by atoms with van der Waals surface area (Å²) in [7, 11) is 0. The zero-order valence-corrected chi connectivity index (χ0v) is 9.72.